The van der Waals surface area contributed by atoms with Crippen LogP contribution in [0.25, 0.3) is 0 Å². The molecule has 1 aliphatic carbocycles. The van der Waals surface area contributed by atoms with Crippen molar-refractivity contribution in [3.8, 4) is 0 Å². The van der Waals surface area contributed by atoms with Crippen LogP contribution < -0.4 is 0 Å². The van der Waals surface area contributed by atoms with Crippen LogP contribution in [0.1, 0.15) is 39.0 Å². The summed E-state index contributed by atoms with van der Waals surface area (Å²) in [7, 11) is 0. The lowest BCUT2D eigenvalue weighted by atomic mass is 9.80. The van der Waals surface area contributed by atoms with Gasteiger partial charge in [-0.3, -0.25) is 0 Å². The van der Waals surface area contributed by atoms with Crippen LogP contribution in [0.3, 0.4) is 0 Å². The van der Waals surface area contributed by atoms with Gasteiger partial charge in [0.1, 0.15) is 0 Å². The van der Waals surface area contributed by atoms with Gasteiger partial charge in [-0.05, 0) is 25.7 Å². The van der Waals surface area contributed by atoms with Gasteiger partial charge in [0, 0.05) is 0 Å². The first kappa shape index (κ1) is 9.52. The van der Waals surface area contributed by atoms with Crippen molar-refractivity contribution in [1.82, 2.24) is 0 Å². The second kappa shape index (κ2) is 3.90. The molecule has 0 heterocycles. The van der Waals surface area contributed by atoms with E-state index in [1.165, 1.54) is 0 Å². The summed E-state index contributed by atoms with van der Waals surface area (Å²) in [5, 5.41) is 9.50. The van der Waals surface area contributed by atoms with Gasteiger partial charge >= 0.3 is 5.97 Å². The molecule has 1 rings (SSSR count). The minimum absolute atomic E-state index is 0.429. The van der Waals surface area contributed by atoms with Crippen molar-refractivity contribution in [3.05, 3.63) is 0 Å². The number of rotatable bonds is 4. The molecule has 3 nitrogen and oxygen atoms in total. The SMILES string of the molecule is CCCCOC(=O)C1(O)CCC1. The monoisotopic (exact) mass is 172 g/mol. The van der Waals surface area contributed by atoms with E-state index in [1.807, 2.05) is 6.92 Å². The summed E-state index contributed by atoms with van der Waals surface area (Å²) >= 11 is 0. The summed E-state index contributed by atoms with van der Waals surface area (Å²) in [4.78, 5) is 11.1. The molecule has 0 aromatic carbocycles. The molecular weight excluding hydrogens is 156 g/mol. The number of carbonyl (C=O) groups is 1. The Bertz CT molecular complexity index is 161. The van der Waals surface area contributed by atoms with Gasteiger partial charge in [0.2, 0.25) is 0 Å². The number of hydrogen-bond acceptors (Lipinski definition) is 3. The predicted octanol–water partition coefficient (Wildman–Crippen LogP) is 1.24. The van der Waals surface area contributed by atoms with Gasteiger partial charge in [-0.1, -0.05) is 13.3 Å². The van der Waals surface area contributed by atoms with Crippen molar-refractivity contribution in [2.45, 2.75) is 44.6 Å². The first-order valence-corrected chi connectivity index (χ1v) is 4.58. The Morgan fingerprint density at radius 1 is 1.58 bits per heavy atom. The Hall–Kier alpha value is -0.570. The molecule has 1 N–H and O–H groups in total. The van der Waals surface area contributed by atoms with Gasteiger partial charge in [0.25, 0.3) is 0 Å². The maximum absolute atomic E-state index is 11.1. The highest BCUT2D eigenvalue weighted by molar-refractivity contribution is 5.80. The molecule has 0 atom stereocenters. The molecule has 0 saturated heterocycles. The number of carbonyl (C=O) groups excluding carboxylic acids is 1. The van der Waals surface area contributed by atoms with Crippen molar-refractivity contribution in [2.75, 3.05) is 6.61 Å². The summed E-state index contributed by atoms with van der Waals surface area (Å²) in [6.45, 7) is 2.48. The summed E-state index contributed by atoms with van der Waals surface area (Å²) in [5.74, 6) is -0.429. The third-order valence-corrected chi connectivity index (χ3v) is 2.29. The zero-order chi connectivity index (χ0) is 9.03. The highest BCUT2D eigenvalue weighted by atomic mass is 16.5. The molecule has 0 amide bonds. The molecule has 12 heavy (non-hydrogen) atoms. The molecular formula is C9H16O3. The zero-order valence-corrected chi connectivity index (χ0v) is 7.51. The Labute approximate surface area is 72.7 Å². The van der Waals surface area contributed by atoms with Crippen molar-refractivity contribution in [3.63, 3.8) is 0 Å². The van der Waals surface area contributed by atoms with E-state index in [0.29, 0.717) is 19.4 Å². The molecule has 0 bridgehead atoms. The highest BCUT2D eigenvalue weighted by Gasteiger charge is 2.43. The molecule has 0 aromatic heterocycles. The first-order chi connectivity index (χ1) is 5.69. The summed E-state index contributed by atoms with van der Waals surface area (Å²) in [6.07, 6.45) is 3.95. The van der Waals surface area contributed by atoms with Gasteiger partial charge in [-0.2, -0.15) is 0 Å². The van der Waals surface area contributed by atoms with E-state index in [0.717, 1.165) is 19.3 Å². The molecule has 1 aliphatic rings. The molecule has 0 spiro atoms. The first-order valence-electron chi connectivity index (χ1n) is 4.58. The van der Waals surface area contributed by atoms with Crippen LogP contribution in [0.2, 0.25) is 0 Å². The Morgan fingerprint density at radius 3 is 2.67 bits per heavy atom. The topological polar surface area (TPSA) is 46.5 Å². The van der Waals surface area contributed by atoms with Crippen molar-refractivity contribution in [1.29, 1.82) is 0 Å². The van der Waals surface area contributed by atoms with Crippen molar-refractivity contribution in [2.24, 2.45) is 0 Å². The molecule has 0 aromatic rings. The molecule has 0 unspecified atom stereocenters. The number of aliphatic hydroxyl groups is 1. The normalized spacial score (nSPS) is 19.8. The van der Waals surface area contributed by atoms with E-state index in [1.54, 1.807) is 0 Å². The Balaban J connectivity index is 2.19. The van der Waals surface area contributed by atoms with Gasteiger partial charge in [-0.15, -0.1) is 0 Å². The fourth-order valence-corrected chi connectivity index (χ4v) is 1.16. The maximum atomic E-state index is 11.1. The lowest BCUT2D eigenvalue weighted by Crippen LogP contribution is -2.46. The summed E-state index contributed by atoms with van der Waals surface area (Å²) in [5.41, 5.74) is -1.13. The van der Waals surface area contributed by atoms with E-state index in [-0.39, 0.29) is 0 Å². The average Bonchev–Trinajstić information content (AvgIpc) is 2.00. The largest absolute Gasteiger partial charge is 0.464 e. The molecule has 1 fully saturated rings. The van der Waals surface area contributed by atoms with Crippen LogP contribution in [0.15, 0.2) is 0 Å². The lowest BCUT2D eigenvalue weighted by molar-refractivity contribution is -0.174. The van der Waals surface area contributed by atoms with Crippen molar-refractivity contribution < 1.29 is 14.6 Å². The van der Waals surface area contributed by atoms with E-state index in [9.17, 15) is 9.90 Å². The quantitative estimate of drug-likeness (QED) is 0.512. The molecule has 1 saturated carbocycles. The standard InChI is InChI=1S/C9H16O3/c1-2-3-7-12-8(10)9(11)5-4-6-9/h11H,2-7H2,1H3. The summed E-state index contributed by atoms with van der Waals surface area (Å²) in [6, 6.07) is 0. The predicted molar refractivity (Wildman–Crippen MR) is 44.7 cm³/mol. The van der Waals surface area contributed by atoms with Crippen molar-refractivity contribution >= 4 is 5.97 Å². The van der Waals surface area contributed by atoms with Crippen LogP contribution in [-0.4, -0.2) is 23.3 Å². The van der Waals surface area contributed by atoms with E-state index in [2.05, 4.69) is 0 Å². The van der Waals surface area contributed by atoms with E-state index < -0.39 is 11.6 Å². The molecule has 0 aliphatic heterocycles. The minimum Gasteiger partial charge on any atom is -0.464 e. The lowest BCUT2D eigenvalue weighted by Gasteiger charge is -2.33. The second-order valence-corrected chi connectivity index (χ2v) is 3.37. The van der Waals surface area contributed by atoms with Crippen LogP contribution >= 0.6 is 0 Å². The van der Waals surface area contributed by atoms with Gasteiger partial charge in [0.05, 0.1) is 6.61 Å². The highest BCUT2D eigenvalue weighted by Crippen LogP contribution is 2.32. The third-order valence-electron chi connectivity index (χ3n) is 2.29. The third kappa shape index (κ3) is 1.97. The fraction of sp³-hybridized carbons (Fsp3) is 0.889. The smallest absolute Gasteiger partial charge is 0.338 e. The van der Waals surface area contributed by atoms with E-state index in [4.69, 9.17) is 4.74 Å². The fourth-order valence-electron chi connectivity index (χ4n) is 1.16. The van der Waals surface area contributed by atoms with E-state index >= 15 is 0 Å². The average molecular weight is 172 g/mol. The van der Waals surface area contributed by atoms with Gasteiger partial charge in [0.15, 0.2) is 5.60 Å². The van der Waals surface area contributed by atoms with Crippen LogP contribution in [0.4, 0.5) is 0 Å². The number of unbranched alkanes of at least 4 members (excludes halogenated alkanes) is 1. The molecule has 70 valence electrons. The van der Waals surface area contributed by atoms with Crippen LogP contribution in [0.5, 0.6) is 0 Å². The number of ether oxygens (including phenoxy) is 1. The van der Waals surface area contributed by atoms with Gasteiger partial charge < -0.3 is 9.84 Å². The van der Waals surface area contributed by atoms with Crippen LogP contribution in [-0.2, 0) is 9.53 Å². The molecule has 0 radical (unpaired) electrons. The number of hydrogen-bond donors (Lipinski definition) is 1. The zero-order valence-electron chi connectivity index (χ0n) is 7.51. The molecule has 3 heteroatoms. The van der Waals surface area contributed by atoms with Crippen LogP contribution in [0, 0.1) is 0 Å². The number of esters is 1. The second-order valence-electron chi connectivity index (χ2n) is 3.37. The van der Waals surface area contributed by atoms with Gasteiger partial charge in [-0.25, -0.2) is 4.79 Å². The minimum atomic E-state index is -1.13. The summed E-state index contributed by atoms with van der Waals surface area (Å²) < 4.78 is 4.90. The Kier molecular flexibility index (Phi) is 3.09. The Morgan fingerprint density at radius 2 is 2.25 bits per heavy atom. The maximum Gasteiger partial charge on any atom is 0.338 e.